The van der Waals surface area contributed by atoms with Crippen molar-refractivity contribution in [3.63, 3.8) is 0 Å². The standard InChI is InChI=1S/C27H36N4O8/c1-30(2)19-18-20(32)13-10-11-4-5-14(29-12-6-8-31(3)9-7-12)21(33)15(11)22(34)16(13)24(36)27(18,39)25(37)17(23(19)35)26(28)38/h4-5,12-13,16-20,23,29,32-33,35,39H,6-10H2,1-3H3,(H2,28,38)/t13-,16?,17?,18-,19+,20+,23?,27+/m0/s1. The van der Waals surface area contributed by atoms with Gasteiger partial charge in [-0.3, -0.25) is 19.2 Å². The molecule has 0 radical (unpaired) electrons. The number of nitrogens with zero attached hydrogens (tertiary/aromatic N) is 2. The van der Waals surface area contributed by atoms with Crippen LogP contribution in [0.3, 0.4) is 0 Å². The number of likely N-dealkylation sites (N-methyl/N-ethyl adjacent to an activating group) is 1. The predicted octanol–water partition coefficient (Wildman–Crippen LogP) is -1.86. The second-order valence-electron chi connectivity index (χ2n) is 11.8. The van der Waals surface area contributed by atoms with Crippen molar-refractivity contribution < 1.29 is 39.6 Å². The zero-order valence-corrected chi connectivity index (χ0v) is 22.2. The van der Waals surface area contributed by atoms with Gasteiger partial charge in [-0.15, -0.1) is 0 Å². The number of nitrogens with two attached hydrogens (primary N) is 1. The summed E-state index contributed by atoms with van der Waals surface area (Å²) < 4.78 is 0. The van der Waals surface area contributed by atoms with E-state index in [0.29, 0.717) is 11.3 Å². The van der Waals surface area contributed by atoms with E-state index in [9.17, 15) is 39.6 Å². The van der Waals surface area contributed by atoms with Crippen LogP contribution in [0.4, 0.5) is 5.69 Å². The third kappa shape index (κ3) is 4.00. The molecule has 12 heteroatoms. The maximum Gasteiger partial charge on any atom is 0.230 e. The number of Topliss-reactive ketones (excluding diaryl/α,β-unsaturated/α-hetero) is 3. The number of ketones is 3. The normalized spacial score (nSPS) is 37.3. The highest BCUT2D eigenvalue weighted by atomic mass is 16.3. The van der Waals surface area contributed by atoms with E-state index in [-0.39, 0.29) is 23.8 Å². The van der Waals surface area contributed by atoms with E-state index in [0.717, 1.165) is 25.9 Å². The molecule has 1 aliphatic heterocycles. The van der Waals surface area contributed by atoms with Crippen LogP contribution in [0, 0.1) is 23.7 Å². The van der Waals surface area contributed by atoms with Gasteiger partial charge in [0.2, 0.25) is 5.91 Å². The number of primary amides is 1. The predicted molar refractivity (Wildman–Crippen MR) is 138 cm³/mol. The smallest absolute Gasteiger partial charge is 0.230 e. The number of likely N-dealkylation sites (tertiary alicyclic amines) is 1. The number of aromatic hydroxyl groups is 1. The molecule has 0 spiro atoms. The van der Waals surface area contributed by atoms with Crippen LogP contribution in [0.2, 0.25) is 0 Å². The first kappa shape index (κ1) is 27.7. The molecule has 3 unspecified atom stereocenters. The summed E-state index contributed by atoms with van der Waals surface area (Å²) in [6.45, 7) is 1.75. The molecule has 1 aromatic rings. The molecule has 8 atom stereocenters. The van der Waals surface area contributed by atoms with Crippen molar-refractivity contribution in [1.82, 2.24) is 9.80 Å². The molecule has 212 valence electrons. The molecule has 3 aliphatic carbocycles. The number of benzene rings is 1. The van der Waals surface area contributed by atoms with E-state index < -0.39 is 70.8 Å². The maximum atomic E-state index is 13.9. The molecular formula is C27H36N4O8. The van der Waals surface area contributed by atoms with Crippen molar-refractivity contribution >= 4 is 28.9 Å². The number of hydrogen-bond acceptors (Lipinski definition) is 11. The molecule has 4 aliphatic rings. The van der Waals surface area contributed by atoms with Crippen molar-refractivity contribution in [3.05, 3.63) is 23.3 Å². The average molecular weight is 545 g/mol. The molecule has 12 nitrogen and oxygen atoms in total. The fourth-order valence-electron chi connectivity index (χ4n) is 7.30. The Kier molecular flexibility index (Phi) is 6.83. The molecular weight excluding hydrogens is 508 g/mol. The van der Waals surface area contributed by atoms with Gasteiger partial charge in [0.25, 0.3) is 0 Å². The van der Waals surface area contributed by atoms with Crippen LogP contribution in [0.5, 0.6) is 5.75 Å². The van der Waals surface area contributed by atoms with Crippen LogP contribution in [0.1, 0.15) is 28.8 Å². The number of phenolic OH excluding ortho intramolecular Hbond substituents is 1. The number of nitrogens with one attached hydrogen (secondary N) is 1. The molecule has 0 aromatic heterocycles. The van der Waals surface area contributed by atoms with Gasteiger partial charge in [-0.05, 0) is 65.1 Å². The van der Waals surface area contributed by atoms with Gasteiger partial charge in [-0.1, -0.05) is 6.07 Å². The Morgan fingerprint density at radius 3 is 2.33 bits per heavy atom. The van der Waals surface area contributed by atoms with Crippen LogP contribution >= 0.6 is 0 Å². The van der Waals surface area contributed by atoms with Crippen molar-refractivity contribution in [2.45, 2.75) is 49.2 Å². The first-order valence-electron chi connectivity index (χ1n) is 13.3. The average Bonchev–Trinajstić information content (AvgIpc) is 2.86. The third-order valence-corrected chi connectivity index (χ3v) is 9.32. The Balaban J connectivity index is 1.55. The van der Waals surface area contributed by atoms with Gasteiger partial charge in [-0.2, -0.15) is 0 Å². The molecule has 1 aromatic carbocycles. The first-order chi connectivity index (χ1) is 18.3. The lowest BCUT2D eigenvalue weighted by atomic mass is 9.51. The quantitative estimate of drug-likeness (QED) is 0.184. The number of hydrogen-bond donors (Lipinski definition) is 6. The molecule has 7 N–H and O–H groups in total. The molecule has 0 bridgehead atoms. The molecule has 2 saturated carbocycles. The highest BCUT2D eigenvalue weighted by molar-refractivity contribution is 6.25. The fourth-order valence-corrected chi connectivity index (χ4v) is 7.30. The van der Waals surface area contributed by atoms with Gasteiger partial charge in [0, 0.05) is 23.9 Å². The maximum absolute atomic E-state index is 13.9. The third-order valence-electron chi connectivity index (χ3n) is 9.32. The van der Waals surface area contributed by atoms with Crippen LogP contribution in [-0.4, -0.2) is 118 Å². The zero-order chi connectivity index (χ0) is 28.5. The topological polar surface area (TPSA) is 194 Å². The lowest BCUT2D eigenvalue weighted by Crippen LogP contribution is -2.78. The lowest BCUT2D eigenvalue weighted by molar-refractivity contribution is -0.207. The van der Waals surface area contributed by atoms with Crippen molar-refractivity contribution in [2.24, 2.45) is 29.4 Å². The summed E-state index contributed by atoms with van der Waals surface area (Å²) in [4.78, 5) is 56.9. The first-order valence-corrected chi connectivity index (χ1v) is 13.3. The fraction of sp³-hybridized carbons (Fsp3) is 0.630. The van der Waals surface area contributed by atoms with Gasteiger partial charge in [0.15, 0.2) is 23.0 Å². The van der Waals surface area contributed by atoms with E-state index in [2.05, 4.69) is 10.2 Å². The number of aliphatic hydroxyl groups is 3. The summed E-state index contributed by atoms with van der Waals surface area (Å²) in [6.07, 6.45) is -1.54. The highest BCUT2D eigenvalue weighted by Gasteiger charge is 2.72. The minimum atomic E-state index is -2.93. The monoisotopic (exact) mass is 544 g/mol. The van der Waals surface area contributed by atoms with Crippen molar-refractivity contribution in [2.75, 3.05) is 39.5 Å². The molecule has 1 amide bonds. The number of aliphatic hydroxyl groups excluding tert-OH is 2. The van der Waals surface area contributed by atoms with Gasteiger partial charge in [-0.25, -0.2) is 0 Å². The van der Waals surface area contributed by atoms with E-state index in [1.165, 1.54) is 19.0 Å². The highest BCUT2D eigenvalue weighted by Crippen LogP contribution is 2.52. The molecule has 39 heavy (non-hydrogen) atoms. The number of carbonyl (C=O) groups is 4. The molecule has 1 heterocycles. The summed E-state index contributed by atoms with van der Waals surface area (Å²) in [5.74, 6) is -10.9. The number of anilines is 1. The van der Waals surface area contributed by atoms with E-state index in [1.807, 2.05) is 7.05 Å². The van der Waals surface area contributed by atoms with E-state index >= 15 is 0 Å². The Labute approximate surface area is 225 Å². The Hall–Kier alpha value is -2.90. The molecule has 5 rings (SSSR count). The minimum absolute atomic E-state index is 0.0248. The number of piperidine rings is 1. The summed E-state index contributed by atoms with van der Waals surface area (Å²) in [5, 5.41) is 48.5. The Bertz CT molecular complexity index is 1230. The Morgan fingerprint density at radius 1 is 1.10 bits per heavy atom. The van der Waals surface area contributed by atoms with Crippen LogP contribution in [0.25, 0.3) is 0 Å². The second-order valence-corrected chi connectivity index (χ2v) is 11.8. The van der Waals surface area contributed by atoms with Gasteiger partial charge >= 0.3 is 0 Å². The Morgan fingerprint density at radius 2 is 1.74 bits per heavy atom. The summed E-state index contributed by atoms with van der Waals surface area (Å²) in [6, 6.07) is 2.24. The number of phenols is 1. The number of rotatable bonds is 4. The lowest BCUT2D eigenvalue weighted by Gasteiger charge is -2.56. The number of carbonyl (C=O) groups excluding carboxylic acids is 4. The molecule has 1 saturated heterocycles. The van der Waals surface area contributed by atoms with Gasteiger partial charge in [0.1, 0.15) is 11.7 Å². The van der Waals surface area contributed by atoms with Crippen LogP contribution in [0.15, 0.2) is 12.1 Å². The van der Waals surface area contributed by atoms with E-state index in [1.54, 1.807) is 12.1 Å². The van der Waals surface area contributed by atoms with E-state index in [4.69, 9.17) is 5.73 Å². The largest absolute Gasteiger partial charge is 0.505 e. The minimum Gasteiger partial charge on any atom is -0.505 e. The zero-order valence-electron chi connectivity index (χ0n) is 22.2. The summed E-state index contributed by atoms with van der Waals surface area (Å²) >= 11 is 0. The number of fused-ring (bicyclic) bond motifs is 3. The number of amides is 1. The van der Waals surface area contributed by atoms with Gasteiger partial charge < -0.3 is 41.3 Å². The van der Waals surface area contributed by atoms with Crippen LogP contribution < -0.4 is 11.1 Å². The summed E-state index contributed by atoms with van der Waals surface area (Å²) in [7, 11) is 5.06. The molecule has 3 fully saturated rings. The SMILES string of the molecule is CN1CCC(Nc2ccc3c(c2O)C(=O)C2C(=O)[C@@]4(O)C(=O)C(C(N)=O)C(O)[C@H](N(C)C)[C@H]4[C@H](O)[C@H]2C3)CC1. The van der Waals surface area contributed by atoms with Crippen LogP contribution in [-0.2, 0) is 20.8 Å². The van der Waals surface area contributed by atoms with Crippen molar-refractivity contribution in [1.29, 1.82) is 0 Å². The van der Waals surface area contributed by atoms with Gasteiger partial charge in [0.05, 0.1) is 29.4 Å². The van der Waals surface area contributed by atoms with Crippen molar-refractivity contribution in [3.8, 4) is 5.75 Å². The second kappa shape index (κ2) is 9.63. The summed E-state index contributed by atoms with van der Waals surface area (Å²) in [5.41, 5.74) is 3.14.